The Kier molecular flexibility index (Phi) is 5.44. The lowest BCUT2D eigenvalue weighted by atomic mass is 10.1. The van der Waals surface area contributed by atoms with E-state index in [1.54, 1.807) is 6.07 Å². The van der Waals surface area contributed by atoms with Gasteiger partial charge in [-0.25, -0.2) is 17.8 Å². The van der Waals surface area contributed by atoms with Gasteiger partial charge in [0.1, 0.15) is 29.5 Å². The highest BCUT2D eigenvalue weighted by Gasteiger charge is 2.44. The molecule has 0 spiro atoms. The Morgan fingerprint density at radius 2 is 2.00 bits per heavy atom. The lowest BCUT2D eigenvalue weighted by Gasteiger charge is -2.42. The van der Waals surface area contributed by atoms with Crippen molar-refractivity contribution < 1.29 is 22.4 Å². The minimum atomic E-state index is -3.38. The maximum atomic E-state index is 13.4. The van der Waals surface area contributed by atoms with Crippen LogP contribution in [0.4, 0.5) is 10.2 Å². The first-order chi connectivity index (χ1) is 16.6. The lowest BCUT2D eigenvalue weighted by Crippen LogP contribution is -2.60. The molecule has 3 aromatic heterocycles. The topological polar surface area (TPSA) is 139 Å². The number of rotatable bonds is 6. The van der Waals surface area contributed by atoms with E-state index in [2.05, 4.69) is 15.4 Å². The van der Waals surface area contributed by atoms with Crippen LogP contribution in [0.1, 0.15) is 28.7 Å². The first kappa shape index (κ1) is 23.1. The molecule has 14 heteroatoms. The molecule has 2 aliphatic rings. The van der Waals surface area contributed by atoms with Crippen LogP contribution in [0.3, 0.4) is 0 Å². The van der Waals surface area contributed by atoms with Crippen LogP contribution in [0.5, 0.6) is 0 Å². The van der Waals surface area contributed by atoms with E-state index in [9.17, 15) is 27.2 Å². The summed E-state index contributed by atoms with van der Waals surface area (Å²) >= 11 is 0. The number of anilines is 1. The quantitative estimate of drug-likeness (QED) is 0.493. The average Bonchev–Trinajstić information content (AvgIpc) is 3.33. The fraction of sp³-hybridized carbons (Fsp3) is 0.381. The molecule has 2 amide bonds. The molecule has 0 saturated carbocycles. The van der Waals surface area contributed by atoms with Gasteiger partial charge in [0.05, 0.1) is 36.3 Å². The molecule has 1 N–H and O–H groups in total. The second-order valence-electron chi connectivity index (χ2n) is 8.55. The van der Waals surface area contributed by atoms with Gasteiger partial charge in [-0.3, -0.25) is 14.4 Å². The molecule has 5 rings (SSSR count). The largest absolute Gasteiger partial charge is 0.327 e. The number of aromatic nitrogens is 4. The van der Waals surface area contributed by atoms with E-state index in [1.807, 2.05) is 6.92 Å². The van der Waals surface area contributed by atoms with E-state index in [0.717, 1.165) is 18.5 Å². The smallest absolute Gasteiger partial charge is 0.280 e. The van der Waals surface area contributed by atoms with Crippen molar-refractivity contribution in [2.24, 2.45) is 0 Å². The summed E-state index contributed by atoms with van der Waals surface area (Å²) in [5.41, 5.74) is 0.715. The summed E-state index contributed by atoms with van der Waals surface area (Å²) in [6, 6.07) is 3.73. The van der Waals surface area contributed by atoms with E-state index >= 15 is 0 Å². The Bertz CT molecular complexity index is 1520. The van der Waals surface area contributed by atoms with Crippen LogP contribution in [0.15, 0.2) is 29.2 Å². The number of carbonyl (C=O) groups excluding carboxylic acids is 2. The minimum absolute atomic E-state index is 0.00629. The van der Waals surface area contributed by atoms with Gasteiger partial charge in [-0.05, 0) is 18.6 Å². The van der Waals surface area contributed by atoms with E-state index in [1.165, 1.54) is 24.4 Å². The molecule has 184 valence electrons. The summed E-state index contributed by atoms with van der Waals surface area (Å²) in [5.74, 6) is -1.40. The zero-order chi connectivity index (χ0) is 25.1. The number of nitrogens with one attached hydrogen (secondary N) is 1. The van der Waals surface area contributed by atoms with Gasteiger partial charge in [-0.15, -0.1) is 0 Å². The van der Waals surface area contributed by atoms with Gasteiger partial charge >= 0.3 is 0 Å². The van der Waals surface area contributed by atoms with Crippen molar-refractivity contribution in [3.63, 3.8) is 0 Å². The van der Waals surface area contributed by atoms with E-state index in [-0.39, 0.29) is 54.9 Å². The minimum Gasteiger partial charge on any atom is -0.327 e. The summed E-state index contributed by atoms with van der Waals surface area (Å²) < 4.78 is 40.5. The van der Waals surface area contributed by atoms with Gasteiger partial charge < -0.3 is 14.8 Å². The second-order valence-corrected chi connectivity index (χ2v) is 10.5. The summed E-state index contributed by atoms with van der Waals surface area (Å²) in [6.45, 7) is 1.82. The summed E-state index contributed by atoms with van der Waals surface area (Å²) in [5, 5.41) is 6.88. The number of hydrogen-bond acceptors (Lipinski definition) is 7. The van der Waals surface area contributed by atoms with E-state index < -0.39 is 33.2 Å². The van der Waals surface area contributed by atoms with Crippen molar-refractivity contribution in [3.05, 3.63) is 57.5 Å². The zero-order valence-electron chi connectivity index (χ0n) is 18.9. The van der Waals surface area contributed by atoms with Crippen molar-refractivity contribution in [1.82, 2.24) is 28.4 Å². The molecule has 5 heterocycles. The summed E-state index contributed by atoms with van der Waals surface area (Å²) in [7, 11) is -3.38. The van der Waals surface area contributed by atoms with Crippen LogP contribution in [-0.4, -0.2) is 74.0 Å². The molecule has 12 nitrogen and oxygen atoms in total. The van der Waals surface area contributed by atoms with E-state index in [4.69, 9.17) is 0 Å². The fourth-order valence-electron chi connectivity index (χ4n) is 4.32. The Labute approximate surface area is 199 Å². The molecule has 2 aliphatic heterocycles. The molecule has 0 aromatic carbocycles. The first-order valence-electron chi connectivity index (χ1n) is 10.9. The highest BCUT2D eigenvalue weighted by molar-refractivity contribution is 7.88. The van der Waals surface area contributed by atoms with Crippen LogP contribution in [0.2, 0.25) is 0 Å². The normalized spacial score (nSPS) is 16.5. The Morgan fingerprint density at radius 3 is 2.63 bits per heavy atom. The number of hydrogen-bond donors (Lipinski definition) is 1. The average molecular weight is 504 g/mol. The molecule has 1 fully saturated rings. The molecular weight excluding hydrogens is 481 g/mol. The van der Waals surface area contributed by atoms with Crippen LogP contribution >= 0.6 is 0 Å². The van der Waals surface area contributed by atoms with Crippen molar-refractivity contribution in [2.45, 2.75) is 32.5 Å². The van der Waals surface area contributed by atoms with Crippen molar-refractivity contribution in [2.75, 3.05) is 24.7 Å². The van der Waals surface area contributed by atoms with Crippen molar-refractivity contribution in [1.29, 1.82) is 0 Å². The van der Waals surface area contributed by atoms with Gasteiger partial charge in [0.2, 0.25) is 15.9 Å². The number of pyridine rings is 1. The van der Waals surface area contributed by atoms with Crippen LogP contribution in [-0.2, 0) is 34.3 Å². The molecule has 0 bridgehead atoms. The number of aryl methyl sites for hydroxylation is 1. The Balaban J connectivity index is 1.51. The summed E-state index contributed by atoms with van der Waals surface area (Å²) in [4.78, 5) is 44.8. The third-order valence-electron chi connectivity index (χ3n) is 6.21. The number of nitrogens with zero attached hydrogens (tertiary/aromatic N) is 6. The highest BCUT2D eigenvalue weighted by Crippen LogP contribution is 2.28. The monoisotopic (exact) mass is 503 g/mol. The maximum absolute atomic E-state index is 13.4. The van der Waals surface area contributed by atoms with Gasteiger partial charge in [0, 0.05) is 19.2 Å². The Morgan fingerprint density at radius 1 is 1.26 bits per heavy atom. The SMILES string of the molecule is CCc1cc2n(CC(=O)Nc3ccc(F)cn3)c3c(c(=O)n2n1)CN(C1CN(S(C)(=O)=O)C1)C3=O. The number of fused-ring (bicyclic) bond motifs is 2. The van der Waals surface area contributed by atoms with E-state index in [0.29, 0.717) is 12.1 Å². The number of halogens is 1. The number of sulfonamides is 1. The molecule has 0 atom stereocenters. The molecule has 3 aromatic rings. The molecule has 0 aliphatic carbocycles. The predicted octanol–water partition coefficient (Wildman–Crippen LogP) is -0.169. The van der Waals surface area contributed by atoms with Crippen molar-refractivity contribution in [3.8, 4) is 0 Å². The Hall–Kier alpha value is -3.65. The van der Waals surface area contributed by atoms with Crippen molar-refractivity contribution >= 4 is 33.3 Å². The molecular formula is C21H22FN7O5S. The standard InChI is InChI=1S/C21H22FN7O5S/c1-3-13-6-18-28(11-17(30)24-16-5-4-12(22)7-23-16)19-15(20(31)29(18)25-13)10-27(21(19)32)14-8-26(9-14)35(2,33)34/h4-7,14H,3,8-11H2,1-2H3,(H,23,24,30). The molecule has 0 unspecified atom stereocenters. The van der Waals surface area contributed by atoms with Crippen LogP contribution in [0, 0.1) is 5.82 Å². The van der Waals surface area contributed by atoms with Crippen LogP contribution in [0.25, 0.3) is 5.65 Å². The van der Waals surface area contributed by atoms with Gasteiger partial charge in [0.25, 0.3) is 11.5 Å². The van der Waals surface area contributed by atoms with Crippen LogP contribution < -0.4 is 10.9 Å². The molecule has 35 heavy (non-hydrogen) atoms. The molecule has 0 radical (unpaired) electrons. The maximum Gasteiger partial charge on any atom is 0.280 e. The van der Waals surface area contributed by atoms with Gasteiger partial charge in [-0.2, -0.15) is 13.9 Å². The highest BCUT2D eigenvalue weighted by atomic mass is 32.2. The second kappa shape index (κ2) is 8.23. The predicted molar refractivity (Wildman–Crippen MR) is 122 cm³/mol. The number of carbonyl (C=O) groups is 2. The van der Waals surface area contributed by atoms with Gasteiger partial charge in [0.15, 0.2) is 0 Å². The summed E-state index contributed by atoms with van der Waals surface area (Å²) in [6.07, 6.45) is 2.61. The third kappa shape index (κ3) is 3.97. The van der Waals surface area contributed by atoms with Gasteiger partial charge in [-0.1, -0.05) is 6.92 Å². The molecule has 1 saturated heterocycles. The third-order valence-corrected chi connectivity index (χ3v) is 7.45. The number of amides is 2. The zero-order valence-corrected chi connectivity index (χ0v) is 19.7. The lowest BCUT2D eigenvalue weighted by molar-refractivity contribution is -0.116. The fourth-order valence-corrected chi connectivity index (χ4v) is 5.21. The first-order valence-corrected chi connectivity index (χ1v) is 12.7.